The molecule has 0 bridgehead atoms. The van der Waals surface area contributed by atoms with Crippen molar-refractivity contribution in [2.24, 2.45) is 0 Å². The number of hydrogen-bond donors (Lipinski definition) is 2. The van der Waals surface area contributed by atoms with Crippen LogP contribution in [-0.2, 0) is 16.0 Å². The van der Waals surface area contributed by atoms with Crippen molar-refractivity contribution >= 4 is 11.8 Å². The number of halogens is 1. The highest BCUT2D eigenvalue weighted by Gasteiger charge is 2.09. The Morgan fingerprint density at radius 2 is 1.36 bits per heavy atom. The molecule has 0 aliphatic heterocycles. The Morgan fingerprint density at radius 3 is 2.07 bits per heavy atom. The molecular formula is C22H19FN2O3. The summed E-state index contributed by atoms with van der Waals surface area (Å²) in [4.78, 5) is 23.6. The highest BCUT2D eigenvalue weighted by molar-refractivity contribution is 5.83. The second-order valence-corrected chi connectivity index (χ2v) is 6.04. The lowest BCUT2D eigenvalue weighted by molar-refractivity contribution is -0.129. The van der Waals surface area contributed by atoms with Gasteiger partial charge in [0.25, 0.3) is 5.91 Å². The zero-order valence-electron chi connectivity index (χ0n) is 15.0. The molecule has 5 nitrogen and oxygen atoms in total. The van der Waals surface area contributed by atoms with E-state index in [9.17, 15) is 14.0 Å². The van der Waals surface area contributed by atoms with E-state index in [4.69, 9.17) is 4.74 Å². The molecule has 3 aromatic carbocycles. The highest BCUT2D eigenvalue weighted by Crippen LogP contribution is 2.21. The minimum atomic E-state index is -0.523. The summed E-state index contributed by atoms with van der Waals surface area (Å²) >= 11 is 0. The van der Waals surface area contributed by atoms with Gasteiger partial charge in [-0.2, -0.15) is 0 Å². The van der Waals surface area contributed by atoms with Crippen LogP contribution in [0.25, 0.3) is 11.1 Å². The van der Waals surface area contributed by atoms with E-state index in [1.165, 1.54) is 12.1 Å². The largest absolute Gasteiger partial charge is 0.484 e. The first kappa shape index (κ1) is 19.1. The average Bonchev–Trinajstić information content (AvgIpc) is 2.73. The van der Waals surface area contributed by atoms with Gasteiger partial charge in [-0.15, -0.1) is 0 Å². The van der Waals surface area contributed by atoms with Gasteiger partial charge in [-0.1, -0.05) is 60.7 Å². The van der Waals surface area contributed by atoms with Crippen LogP contribution in [0.4, 0.5) is 4.39 Å². The lowest BCUT2D eigenvalue weighted by atomic mass is 10.1. The van der Waals surface area contributed by atoms with Crippen molar-refractivity contribution in [1.82, 2.24) is 10.9 Å². The number of carbonyl (C=O) groups excluding carboxylic acids is 2. The van der Waals surface area contributed by atoms with Crippen LogP contribution in [0.15, 0.2) is 78.9 Å². The highest BCUT2D eigenvalue weighted by atomic mass is 19.1. The molecule has 3 aromatic rings. The molecule has 3 rings (SSSR count). The first-order valence-corrected chi connectivity index (χ1v) is 8.71. The molecule has 0 spiro atoms. The third kappa shape index (κ3) is 5.41. The fourth-order valence-corrected chi connectivity index (χ4v) is 2.56. The second kappa shape index (κ2) is 9.32. The molecule has 0 aromatic heterocycles. The Labute approximate surface area is 162 Å². The first-order valence-electron chi connectivity index (χ1n) is 8.71. The van der Waals surface area contributed by atoms with Gasteiger partial charge in [0.2, 0.25) is 5.91 Å². The van der Waals surface area contributed by atoms with E-state index in [1.54, 1.807) is 24.3 Å². The zero-order valence-corrected chi connectivity index (χ0v) is 15.0. The van der Waals surface area contributed by atoms with Crippen molar-refractivity contribution in [1.29, 1.82) is 0 Å². The van der Waals surface area contributed by atoms with Gasteiger partial charge in [0.05, 0.1) is 6.42 Å². The van der Waals surface area contributed by atoms with Crippen molar-refractivity contribution in [3.8, 4) is 16.9 Å². The van der Waals surface area contributed by atoms with Gasteiger partial charge in [0.1, 0.15) is 11.6 Å². The fourth-order valence-electron chi connectivity index (χ4n) is 2.56. The third-order valence-electron chi connectivity index (χ3n) is 3.98. The second-order valence-electron chi connectivity index (χ2n) is 6.04. The lowest BCUT2D eigenvalue weighted by Crippen LogP contribution is -2.44. The van der Waals surface area contributed by atoms with Crippen LogP contribution in [0.3, 0.4) is 0 Å². The molecular weight excluding hydrogens is 359 g/mol. The molecule has 6 heteroatoms. The smallest absolute Gasteiger partial charge is 0.276 e. The minimum absolute atomic E-state index is 0.172. The number of hydrogen-bond acceptors (Lipinski definition) is 3. The maximum Gasteiger partial charge on any atom is 0.276 e. The zero-order chi connectivity index (χ0) is 19.8. The minimum Gasteiger partial charge on any atom is -0.484 e. The molecule has 142 valence electrons. The number of benzene rings is 3. The molecule has 0 aliphatic rings. The molecule has 0 radical (unpaired) electrons. The van der Waals surface area contributed by atoms with Gasteiger partial charge < -0.3 is 4.74 Å². The average molecular weight is 378 g/mol. The number of ether oxygens (including phenoxy) is 1. The standard InChI is InChI=1S/C22H19FN2O3/c23-20-9-5-4-8-18(20)14-21(26)24-25-22(27)15-28-19-12-10-17(11-13-19)16-6-2-1-3-7-16/h1-13H,14-15H2,(H,24,26)(H,25,27). The molecule has 2 amide bonds. The number of amides is 2. The van der Waals surface area contributed by atoms with E-state index in [0.29, 0.717) is 5.75 Å². The van der Waals surface area contributed by atoms with Crippen LogP contribution in [0.5, 0.6) is 5.75 Å². The van der Waals surface area contributed by atoms with Crippen molar-refractivity contribution in [3.63, 3.8) is 0 Å². The molecule has 0 heterocycles. The Bertz CT molecular complexity index is 944. The van der Waals surface area contributed by atoms with E-state index in [0.717, 1.165) is 11.1 Å². The van der Waals surface area contributed by atoms with Crippen LogP contribution < -0.4 is 15.6 Å². The molecule has 2 N–H and O–H groups in total. The summed E-state index contributed by atoms with van der Waals surface area (Å²) in [5.41, 5.74) is 6.86. The summed E-state index contributed by atoms with van der Waals surface area (Å²) in [6, 6.07) is 23.2. The summed E-state index contributed by atoms with van der Waals surface area (Å²) in [5.74, 6) is -0.974. The Balaban J connectivity index is 1.43. The lowest BCUT2D eigenvalue weighted by Gasteiger charge is -2.10. The summed E-state index contributed by atoms with van der Waals surface area (Å²) in [5, 5.41) is 0. The summed E-state index contributed by atoms with van der Waals surface area (Å²) in [7, 11) is 0. The van der Waals surface area contributed by atoms with Crippen molar-refractivity contribution < 1.29 is 18.7 Å². The van der Waals surface area contributed by atoms with Crippen molar-refractivity contribution in [2.45, 2.75) is 6.42 Å². The molecule has 28 heavy (non-hydrogen) atoms. The van der Waals surface area contributed by atoms with Gasteiger partial charge in [-0.3, -0.25) is 20.4 Å². The van der Waals surface area contributed by atoms with Gasteiger partial charge >= 0.3 is 0 Å². The van der Waals surface area contributed by atoms with Crippen LogP contribution in [0.2, 0.25) is 0 Å². The van der Waals surface area contributed by atoms with Crippen LogP contribution in [-0.4, -0.2) is 18.4 Å². The maximum absolute atomic E-state index is 13.5. The monoisotopic (exact) mass is 378 g/mol. The Hall–Kier alpha value is -3.67. The van der Waals surface area contributed by atoms with E-state index >= 15 is 0 Å². The van der Waals surface area contributed by atoms with E-state index in [-0.39, 0.29) is 18.6 Å². The van der Waals surface area contributed by atoms with E-state index in [1.807, 2.05) is 42.5 Å². The molecule has 0 unspecified atom stereocenters. The van der Waals surface area contributed by atoms with Crippen molar-refractivity contribution in [2.75, 3.05) is 6.61 Å². The number of nitrogens with one attached hydrogen (secondary N) is 2. The molecule has 0 aliphatic carbocycles. The van der Waals surface area contributed by atoms with Crippen LogP contribution in [0.1, 0.15) is 5.56 Å². The molecule has 0 atom stereocenters. The van der Waals surface area contributed by atoms with Crippen LogP contribution >= 0.6 is 0 Å². The fraction of sp³-hybridized carbons (Fsp3) is 0.0909. The maximum atomic E-state index is 13.5. The summed E-state index contributed by atoms with van der Waals surface area (Å²) < 4.78 is 18.9. The van der Waals surface area contributed by atoms with Gasteiger partial charge in [-0.05, 0) is 34.9 Å². The normalized spacial score (nSPS) is 10.2. The van der Waals surface area contributed by atoms with E-state index < -0.39 is 17.6 Å². The van der Waals surface area contributed by atoms with E-state index in [2.05, 4.69) is 10.9 Å². The molecule has 0 fully saturated rings. The van der Waals surface area contributed by atoms with Gasteiger partial charge in [0.15, 0.2) is 6.61 Å². The molecule has 0 saturated heterocycles. The predicted molar refractivity (Wildman–Crippen MR) is 104 cm³/mol. The summed E-state index contributed by atoms with van der Waals surface area (Å²) in [6.07, 6.45) is -0.172. The Morgan fingerprint density at radius 1 is 0.750 bits per heavy atom. The molecule has 0 saturated carbocycles. The Kier molecular flexibility index (Phi) is 6.36. The van der Waals surface area contributed by atoms with Gasteiger partial charge in [-0.25, -0.2) is 4.39 Å². The first-order chi connectivity index (χ1) is 13.6. The number of hydrazine groups is 1. The van der Waals surface area contributed by atoms with Gasteiger partial charge in [0, 0.05) is 0 Å². The quantitative estimate of drug-likeness (QED) is 0.647. The van der Waals surface area contributed by atoms with Crippen LogP contribution in [0, 0.1) is 5.82 Å². The van der Waals surface area contributed by atoms with Crippen molar-refractivity contribution in [3.05, 3.63) is 90.2 Å². The predicted octanol–water partition coefficient (Wildman–Crippen LogP) is 3.26. The number of rotatable bonds is 6. The topological polar surface area (TPSA) is 67.4 Å². The SMILES string of the molecule is O=C(COc1ccc(-c2ccccc2)cc1)NNC(=O)Cc1ccccc1F. The third-order valence-corrected chi connectivity index (χ3v) is 3.98. The summed E-state index contributed by atoms with van der Waals surface area (Å²) in [6.45, 7) is -0.259. The number of carbonyl (C=O) groups is 2.